The molecule has 1 aromatic rings. The van der Waals surface area contributed by atoms with Gasteiger partial charge in [-0.1, -0.05) is 6.07 Å². The molecular weight excluding hydrogens is 254 g/mol. The van der Waals surface area contributed by atoms with E-state index in [0.29, 0.717) is 5.75 Å². The Hall–Kier alpha value is -1.27. The minimum atomic E-state index is -3.27. The van der Waals surface area contributed by atoms with E-state index in [9.17, 15) is 13.5 Å². The minimum absolute atomic E-state index is 0.0376. The molecule has 0 unspecified atom stereocenters. The molecule has 0 saturated heterocycles. The Balaban J connectivity index is 2.92. The molecule has 0 radical (unpaired) electrons. The number of benzene rings is 1. The second-order valence-electron chi connectivity index (χ2n) is 4.36. The van der Waals surface area contributed by atoms with Crippen LogP contribution in [0.4, 0.5) is 0 Å². The van der Waals surface area contributed by atoms with Crippen LogP contribution in [-0.4, -0.2) is 37.2 Å². The van der Waals surface area contributed by atoms with Crippen LogP contribution >= 0.6 is 0 Å². The summed E-state index contributed by atoms with van der Waals surface area (Å²) in [4.78, 5) is 0. The van der Waals surface area contributed by atoms with E-state index in [1.165, 1.54) is 24.5 Å². The predicted octanol–water partition coefficient (Wildman–Crippen LogP) is 1.57. The average molecular weight is 273 g/mol. The van der Waals surface area contributed by atoms with Gasteiger partial charge in [-0.25, -0.2) is 12.7 Å². The summed E-state index contributed by atoms with van der Waals surface area (Å²) in [6, 6.07) is 4.79. The Labute approximate surface area is 108 Å². The van der Waals surface area contributed by atoms with E-state index in [2.05, 4.69) is 0 Å². The normalized spacial score (nSPS) is 12.1. The van der Waals surface area contributed by atoms with Crippen molar-refractivity contribution in [2.45, 2.75) is 25.6 Å². The van der Waals surface area contributed by atoms with E-state index in [-0.39, 0.29) is 12.3 Å². The van der Waals surface area contributed by atoms with Crippen LogP contribution < -0.4 is 4.74 Å². The van der Waals surface area contributed by atoms with Crippen molar-refractivity contribution in [1.29, 1.82) is 0 Å². The molecule has 0 spiro atoms. The lowest BCUT2D eigenvalue weighted by Crippen LogP contribution is -2.32. The number of nitrogens with zero attached hydrogens (tertiary/aromatic N) is 1. The first-order valence-corrected chi connectivity index (χ1v) is 7.10. The summed E-state index contributed by atoms with van der Waals surface area (Å²) in [5, 5.41) is 9.00. The third-order valence-corrected chi connectivity index (χ3v) is 4.87. The smallest absolute Gasteiger partial charge is 0.216 e. The summed E-state index contributed by atoms with van der Waals surface area (Å²) < 4.78 is 30.1. The van der Waals surface area contributed by atoms with Gasteiger partial charge in [-0.3, -0.25) is 0 Å². The summed E-state index contributed by atoms with van der Waals surface area (Å²) >= 11 is 0. The second kappa shape index (κ2) is 5.58. The SMILES string of the molecule is COc1cc(CN(C)S(=O)(=O)C(C)C)ccc1O. The second-order valence-corrected chi connectivity index (χ2v) is 6.95. The highest BCUT2D eigenvalue weighted by Crippen LogP contribution is 2.27. The van der Waals surface area contributed by atoms with Gasteiger partial charge >= 0.3 is 0 Å². The third-order valence-electron chi connectivity index (χ3n) is 2.68. The van der Waals surface area contributed by atoms with Crippen LogP contribution in [0.15, 0.2) is 18.2 Å². The number of rotatable bonds is 5. The summed E-state index contributed by atoms with van der Waals surface area (Å²) in [6.07, 6.45) is 0. The third kappa shape index (κ3) is 3.14. The van der Waals surface area contributed by atoms with Crippen LogP contribution in [0.3, 0.4) is 0 Å². The maximum absolute atomic E-state index is 11.9. The maximum atomic E-state index is 11.9. The standard InChI is InChI=1S/C12H19NO4S/c1-9(2)18(15,16)13(3)8-10-5-6-11(14)12(7-10)17-4/h5-7,9,14H,8H2,1-4H3. The fraction of sp³-hybridized carbons (Fsp3) is 0.500. The Morgan fingerprint density at radius 3 is 2.50 bits per heavy atom. The highest BCUT2D eigenvalue weighted by molar-refractivity contribution is 7.89. The van der Waals surface area contributed by atoms with E-state index in [1.54, 1.807) is 26.0 Å². The van der Waals surface area contributed by atoms with Crippen molar-refractivity contribution >= 4 is 10.0 Å². The van der Waals surface area contributed by atoms with E-state index in [1.807, 2.05) is 0 Å². The van der Waals surface area contributed by atoms with Gasteiger partial charge in [0.1, 0.15) is 0 Å². The van der Waals surface area contributed by atoms with Crippen molar-refractivity contribution in [2.24, 2.45) is 0 Å². The first-order chi connectivity index (χ1) is 8.28. The molecule has 1 aromatic carbocycles. The number of phenolic OH excluding ortho intramolecular Hbond substituents is 1. The zero-order valence-corrected chi connectivity index (χ0v) is 11.9. The molecule has 18 heavy (non-hydrogen) atoms. The molecule has 1 N–H and O–H groups in total. The summed E-state index contributed by atoms with van der Waals surface area (Å²) in [7, 11) is -0.287. The molecule has 0 aliphatic heterocycles. The van der Waals surface area contributed by atoms with Crippen molar-refractivity contribution in [3.63, 3.8) is 0 Å². The molecule has 0 aliphatic rings. The average Bonchev–Trinajstić information content (AvgIpc) is 2.31. The molecule has 6 heteroatoms. The molecule has 102 valence electrons. The van der Waals surface area contributed by atoms with Crippen molar-refractivity contribution in [3.8, 4) is 11.5 Å². The largest absolute Gasteiger partial charge is 0.504 e. The molecule has 1 rings (SSSR count). The Bertz CT molecular complexity index is 511. The van der Waals surface area contributed by atoms with Crippen LogP contribution in [0.2, 0.25) is 0 Å². The van der Waals surface area contributed by atoms with Gasteiger partial charge in [0, 0.05) is 13.6 Å². The first-order valence-electron chi connectivity index (χ1n) is 5.60. The highest BCUT2D eigenvalue weighted by Gasteiger charge is 2.22. The molecule has 0 saturated carbocycles. The number of hydrogen-bond acceptors (Lipinski definition) is 4. The molecule has 0 aliphatic carbocycles. The summed E-state index contributed by atoms with van der Waals surface area (Å²) in [6.45, 7) is 3.53. The van der Waals surface area contributed by atoms with Gasteiger partial charge in [0.15, 0.2) is 11.5 Å². The molecular formula is C12H19NO4S. The fourth-order valence-corrected chi connectivity index (χ4v) is 2.58. The summed E-state index contributed by atoms with van der Waals surface area (Å²) in [5.41, 5.74) is 0.761. The number of phenols is 1. The van der Waals surface area contributed by atoms with Crippen molar-refractivity contribution in [1.82, 2.24) is 4.31 Å². The van der Waals surface area contributed by atoms with E-state index >= 15 is 0 Å². The summed E-state index contributed by atoms with van der Waals surface area (Å²) in [5.74, 6) is 0.374. The fourth-order valence-electron chi connectivity index (χ4n) is 1.53. The minimum Gasteiger partial charge on any atom is -0.504 e. The lowest BCUT2D eigenvalue weighted by molar-refractivity contribution is 0.372. The molecule has 0 atom stereocenters. The van der Waals surface area contributed by atoms with Gasteiger partial charge in [-0.15, -0.1) is 0 Å². The van der Waals surface area contributed by atoms with Crippen molar-refractivity contribution in [3.05, 3.63) is 23.8 Å². The number of sulfonamides is 1. The zero-order valence-electron chi connectivity index (χ0n) is 11.0. The van der Waals surface area contributed by atoms with Crippen molar-refractivity contribution in [2.75, 3.05) is 14.2 Å². The lowest BCUT2D eigenvalue weighted by atomic mass is 10.2. The van der Waals surface area contributed by atoms with Gasteiger partial charge < -0.3 is 9.84 Å². The molecule has 5 nitrogen and oxygen atoms in total. The molecule has 0 fully saturated rings. The number of ether oxygens (including phenoxy) is 1. The van der Waals surface area contributed by atoms with Crippen LogP contribution in [-0.2, 0) is 16.6 Å². The van der Waals surface area contributed by atoms with Gasteiger partial charge in [-0.05, 0) is 31.5 Å². The zero-order chi connectivity index (χ0) is 13.9. The Morgan fingerprint density at radius 1 is 1.39 bits per heavy atom. The Morgan fingerprint density at radius 2 is 2.00 bits per heavy atom. The van der Waals surface area contributed by atoms with Gasteiger partial charge in [0.25, 0.3) is 0 Å². The van der Waals surface area contributed by atoms with E-state index in [4.69, 9.17) is 4.74 Å². The number of methoxy groups -OCH3 is 1. The van der Waals surface area contributed by atoms with Crippen LogP contribution in [0.25, 0.3) is 0 Å². The lowest BCUT2D eigenvalue weighted by Gasteiger charge is -2.20. The topological polar surface area (TPSA) is 66.8 Å². The highest BCUT2D eigenvalue weighted by atomic mass is 32.2. The molecule has 0 aromatic heterocycles. The first kappa shape index (κ1) is 14.8. The number of hydrogen-bond donors (Lipinski definition) is 1. The van der Waals surface area contributed by atoms with Crippen LogP contribution in [0, 0.1) is 0 Å². The molecule has 0 bridgehead atoms. The van der Waals surface area contributed by atoms with E-state index < -0.39 is 15.3 Å². The monoisotopic (exact) mass is 273 g/mol. The van der Waals surface area contributed by atoms with Gasteiger partial charge in [0.2, 0.25) is 10.0 Å². The van der Waals surface area contributed by atoms with Gasteiger partial charge in [-0.2, -0.15) is 0 Å². The number of aromatic hydroxyl groups is 1. The van der Waals surface area contributed by atoms with E-state index in [0.717, 1.165) is 5.56 Å². The van der Waals surface area contributed by atoms with Crippen LogP contribution in [0.1, 0.15) is 19.4 Å². The van der Waals surface area contributed by atoms with Gasteiger partial charge in [0.05, 0.1) is 12.4 Å². The quantitative estimate of drug-likeness (QED) is 0.884. The maximum Gasteiger partial charge on any atom is 0.216 e. The molecule has 0 amide bonds. The van der Waals surface area contributed by atoms with Crippen molar-refractivity contribution < 1.29 is 18.3 Å². The Kier molecular flexibility index (Phi) is 4.59. The van der Waals surface area contributed by atoms with Crippen LogP contribution in [0.5, 0.6) is 11.5 Å². The molecule has 0 heterocycles. The predicted molar refractivity (Wildman–Crippen MR) is 70.2 cm³/mol.